The number of benzene rings is 1. The van der Waals surface area contributed by atoms with Gasteiger partial charge < -0.3 is 9.47 Å². The minimum absolute atomic E-state index is 0.0623. The zero-order valence-electron chi connectivity index (χ0n) is 11.7. The van der Waals surface area contributed by atoms with Crippen LogP contribution >= 0.6 is 0 Å². The molecule has 0 radical (unpaired) electrons. The van der Waals surface area contributed by atoms with Crippen molar-refractivity contribution in [2.24, 2.45) is 0 Å². The molecule has 0 aliphatic heterocycles. The van der Waals surface area contributed by atoms with Gasteiger partial charge in [0.2, 0.25) is 0 Å². The topological polar surface area (TPSA) is 114 Å². The fourth-order valence-electron chi connectivity index (χ4n) is 1.74. The number of non-ortho nitro benzene ring substituents is 1. The molecule has 0 atom stereocenters. The maximum atomic E-state index is 11.7. The third-order valence-electron chi connectivity index (χ3n) is 2.82. The molecule has 0 fully saturated rings. The number of nitrogens with zero attached hydrogens (tertiary/aromatic N) is 3. The molecule has 0 N–H and O–H groups in total. The molecule has 2 rings (SSSR count). The van der Waals surface area contributed by atoms with Gasteiger partial charge in [0, 0.05) is 18.3 Å². The molecule has 9 nitrogen and oxygen atoms in total. The highest BCUT2D eigenvalue weighted by molar-refractivity contribution is 6.01. The largest absolute Gasteiger partial charge is 0.465 e. The summed E-state index contributed by atoms with van der Waals surface area (Å²) in [7, 11) is 2.33. The van der Waals surface area contributed by atoms with E-state index in [1.807, 2.05) is 0 Å². The second kappa shape index (κ2) is 6.04. The van der Waals surface area contributed by atoms with Crippen LogP contribution in [0.15, 0.2) is 30.5 Å². The molecule has 0 saturated carbocycles. The van der Waals surface area contributed by atoms with Gasteiger partial charge in [0.25, 0.3) is 5.69 Å². The SMILES string of the molecule is COC(=O)c1cn(-c2ccc([N+](=O)[O-])cc2)nc1C(=O)OC. The summed E-state index contributed by atoms with van der Waals surface area (Å²) in [6.07, 6.45) is 1.29. The number of methoxy groups -OCH3 is 2. The number of hydrogen-bond donors (Lipinski definition) is 0. The van der Waals surface area contributed by atoms with Crippen molar-refractivity contribution < 1.29 is 24.0 Å². The zero-order chi connectivity index (χ0) is 16.3. The Morgan fingerprint density at radius 1 is 1.14 bits per heavy atom. The molecule has 2 aromatic rings. The van der Waals surface area contributed by atoms with Gasteiger partial charge in [0.05, 0.1) is 24.8 Å². The second-order valence-corrected chi connectivity index (χ2v) is 4.09. The molecule has 1 aromatic carbocycles. The van der Waals surface area contributed by atoms with Crippen molar-refractivity contribution in [3.63, 3.8) is 0 Å². The van der Waals surface area contributed by atoms with Gasteiger partial charge in [0.15, 0.2) is 5.69 Å². The summed E-state index contributed by atoms with van der Waals surface area (Å²) < 4.78 is 10.4. The van der Waals surface area contributed by atoms with Crippen LogP contribution in [0.1, 0.15) is 20.8 Å². The van der Waals surface area contributed by atoms with Crippen molar-refractivity contribution in [1.82, 2.24) is 9.78 Å². The fraction of sp³-hybridized carbons (Fsp3) is 0.154. The number of aromatic nitrogens is 2. The van der Waals surface area contributed by atoms with E-state index < -0.39 is 16.9 Å². The minimum Gasteiger partial charge on any atom is -0.465 e. The van der Waals surface area contributed by atoms with Gasteiger partial charge in [-0.15, -0.1) is 0 Å². The normalized spacial score (nSPS) is 10.1. The van der Waals surface area contributed by atoms with E-state index in [2.05, 4.69) is 14.6 Å². The molecule has 22 heavy (non-hydrogen) atoms. The summed E-state index contributed by atoms with van der Waals surface area (Å²) >= 11 is 0. The Hall–Kier alpha value is -3.23. The van der Waals surface area contributed by atoms with E-state index in [1.165, 1.54) is 42.3 Å². The number of nitro groups is 1. The summed E-state index contributed by atoms with van der Waals surface area (Å²) in [5.74, 6) is -1.53. The molecule has 0 unspecified atom stereocenters. The van der Waals surface area contributed by atoms with Gasteiger partial charge in [-0.1, -0.05) is 0 Å². The highest BCUT2D eigenvalue weighted by Gasteiger charge is 2.24. The first kappa shape index (κ1) is 15.2. The van der Waals surface area contributed by atoms with Crippen molar-refractivity contribution in [3.8, 4) is 5.69 Å². The van der Waals surface area contributed by atoms with Gasteiger partial charge in [-0.2, -0.15) is 5.10 Å². The van der Waals surface area contributed by atoms with Crippen LogP contribution in [0.3, 0.4) is 0 Å². The Labute approximate surface area is 124 Å². The van der Waals surface area contributed by atoms with Crippen LogP contribution in [0, 0.1) is 10.1 Å². The lowest BCUT2D eigenvalue weighted by atomic mass is 10.2. The van der Waals surface area contributed by atoms with Crippen LogP contribution in [-0.2, 0) is 9.47 Å². The molecule has 0 aliphatic carbocycles. The third-order valence-corrected chi connectivity index (χ3v) is 2.82. The van der Waals surface area contributed by atoms with E-state index in [9.17, 15) is 19.7 Å². The molecule has 0 saturated heterocycles. The summed E-state index contributed by atoms with van der Waals surface area (Å²) in [6, 6.07) is 5.44. The molecule has 1 heterocycles. The Balaban J connectivity index is 2.47. The Morgan fingerprint density at radius 2 is 1.73 bits per heavy atom. The quantitative estimate of drug-likeness (QED) is 0.476. The molecule has 9 heteroatoms. The molecule has 0 amide bonds. The van der Waals surface area contributed by atoms with Gasteiger partial charge in [-0.05, 0) is 12.1 Å². The van der Waals surface area contributed by atoms with Gasteiger partial charge in [0.1, 0.15) is 5.56 Å². The molecule has 0 bridgehead atoms. The van der Waals surface area contributed by atoms with Crippen molar-refractivity contribution in [2.45, 2.75) is 0 Å². The first-order chi connectivity index (χ1) is 10.5. The number of esters is 2. The van der Waals surface area contributed by atoms with Crippen LogP contribution in [0.4, 0.5) is 5.69 Å². The second-order valence-electron chi connectivity index (χ2n) is 4.09. The number of hydrogen-bond acceptors (Lipinski definition) is 7. The Bertz CT molecular complexity index is 701. The van der Waals surface area contributed by atoms with Gasteiger partial charge >= 0.3 is 11.9 Å². The van der Waals surface area contributed by atoms with Crippen molar-refractivity contribution >= 4 is 17.6 Å². The predicted molar refractivity (Wildman–Crippen MR) is 72.9 cm³/mol. The molecule has 0 spiro atoms. The maximum Gasteiger partial charge on any atom is 0.359 e. The van der Waals surface area contributed by atoms with E-state index in [4.69, 9.17) is 0 Å². The zero-order valence-corrected chi connectivity index (χ0v) is 11.7. The smallest absolute Gasteiger partial charge is 0.359 e. The first-order valence-corrected chi connectivity index (χ1v) is 5.99. The Kier molecular flexibility index (Phi) is 4.16. The lowest BCUT2D eigenvalue weighted by Gasteiger charge is -2.00. The van der Waals surface area contributed by atoms with Crippen LogP contribution in [0.5, 0.6) is 0 Å². The lowest BCUT2D eigenvalue weighted by Crippen LogP contribution is -2.10. The number of carbonyl (C=O) groups excluding carboxylic acids is 2. The maximum absolute atomic E-state index is 11.7. The van der Waals surface area contributed by atoms with Crippen molar-refractivity contribution in [1.29, 1.82) is 0 Å². The highest BCUT2D eigenvalue weighted by Crippen LogP contribution is 2.17. The predicted octanol–water partition coefficient (Wildman–Crippen LogP) is 1.35. The molecule has 114 valence electrons. The van der Waals surface area contributed by atoms with Crippen molar-refractivity contribution in [2.75, 3.05) is 14.2 Å². The van der Waals surface area contributed by atoms with Gasteiger partial charge in [-0.25, -0.2) is 14.3 Å². The van der Waals surface area contributed by atoms with Crippen LogP contribution in [0.25, 0.3) is 5.69 Å². The summed E-state index contributed by atoms with van der Waals surface area (Å²) in [5, 5.41) is 14.6. The monoisotopic (exact) mass is 305 g/mol. The first-order valence-electron chi connectivity index (χ1n) is 5.99. The fourth-order valence-corrected chi connectivity index (χ4v) is 1.74. The number of rotatable bonds is 4. The summed E-state index contributed by atoms with van der Waals surface area (Å²) in [5.41, 5.74) is 0.0867. The van der Waals surface area contributed by atoms with Crippen molar-refractivity contribution in [3.05, 3.63) is 51.8 Å². The van der Waals surface area contributed by atoms with Crippen LogP contribution in [0.2, 0.25) is 0 Å². The Morgan fingerprint density at radius 3 is 2.23 bits per heavy atom. The van der Waals surface area contributed by atoms with E-state index in [0.717, 1.165) is 7.11 Å². The summed E-state index contributed by atoms with van der Waals surface area (Å²) in [6.45, 7) is 0. The van der Waals surface area contributed by atoms with Crippen LogP contribution < -0.4 is 0 Å². The third kappa shape index (κ3) is 2.77. The average molecular weight is 305 g/mol. The molecule has 1 aromatic heterocycles. The average Bonchev–Trinajstić information content (AvgIpc) is 2.98. The molecule has 0 aliphatic rings. The van der Waals surface area contributed by atoms with Crippen LogP contribution in [-0.4, -0.2) is 40.9 Å². The number of ether oxygens (including phenoxy) is 2. The minimum atomic E-state index is -0.791. The molecular weight excluding hydrogens is 294 g/mol. The van der Waals surface area contributed by atoms with Gasteiger partial charge in [-0.3, -0.25) is 10.1 Å². The number of nitro benzene ring substituents is 1. The van der Waals surface area contributed by atoms with E-state index in [-0.39, 0.29) is 16.9 Å². The number of carbonyl (C=O) groups is 2. The van der Waals surface area contributed by atoms with E-state index >= 15 is 0 Å². The van der Waals surface area contributed by atoms with E-state index in [0.29, 0.717) is 5.69 Å². The molecular formula is C13H11N3O6. The summed E-state index contributed by atoms with van der Waals surface area (Å²) in [4.78, 5) is 33.4. The highest BCUT2D eigenvalue weighted by atomic mass is 16.6. The standard InChI is InChI=1S/C13H11N3O6/c1-21-12(17)10-7-15(14-11(10)13(18)22-2)8-3-5-9(6-4-8)16(19)20/h3-7H,1-2H3. The van der Waals surface area contributed by atoms with E-state index in [1.54, 1.807) is 0 Å². The lowest BCUT2D eigenvalue weighted by molar-refractivity contribution is -0.384.